The van der Waals surface area contributed by atoms with Crippen molar-refractivity contribution in [1.29, 1.82) is 0 Å². The quantitative estimate of drug-likeness (QED) is 0.470. The van der Waals surface area contributed by atoms with Crippen LogP contribution in [-0.4, -0.2) is 44.6 Å². The summed E-state index contributed by atoms with van der Waals surface area (Å²) in [7, 11) is -3.48. The number of sulfone groups is 1. The van der Waals surface area contributed by atoms with Gasteiger partial charge in [-0.15, -0.1) is 11.3 Å². The predicted octanol–water partition coefficient (Wildman–Crippen LogP) is 5.32. The van der Waals surface area contributed by atoms with Crippen molar-refractivity contribution < 1.29 is 13.2 Å². The minimum atomic E-state index is -3.48. The molecule has 0 spiro atoms. The van der Waals surface area contributed by atoms with Crippen LogP contribution >= 0.6 is 46.1 Å². The molecule has 4 rings (SSSR count). The second kappa shape index (κ2) is 9.33. The van der Waals surface area contributed by atoms with Crippen molar-refractivity contribution >= 4 is 61.9 Å². The van der Waals surface area contributed by atoms with Gasteiger partial charge in [0.15, 0.2) is 9.84 Å². The third-order valence-corrected chi connectivity index (χ3v) is 8.66. The van der Waals surface area contributed by atoms with Crippen LogP contribution in [0.2, 0.25) is 15.1 Å². The Morgan fingerprint density at radius 2 is 1.50 bits per heavy atom. The first-order valence-electron chi connectivity index (χ1n) is 9.66. The Morgan fingerprint density at radius 3 is 1.94 bits per heavy atom. The molecule has 0 unspecified atom stereocenters. The van der Waals surface area contributed by atoms with Crippen molar-refractivity contribution in [3.63, 3.8) is 0 Å². The van der Waals surface area contributed by atoms with Crippen LogP contribution in [0.5, 0.6) is 0 Å². The average molecular weight is 530 g/mol. The van der Waals surface area contributed by atoms with Crippen LogP contribution in [-0.2, 0) is 9.84 Å². The monoisotopic (exact) mass is 528 g/mol. The molecule has 1 saturated heterocycles. The van der Waals surface area contributed by atoms with E-state index in [1.54, 1.807) is 0 Å². The molecule has 168 valence electrons. The molecule has 1 N–H and O–H groups in total. The third-order valence-electron chi connectivity index (χ3n) is 5.29. The van der Waals surface area contributed by atoms with E-state index in [1.807, 2.05) is 48.5 Å². The van der Waals surface area contributed by atoms with Gasteiger partial charge in [0.1, 0.15) is 4.88 Å². The molecular weight excluding hydrogens is 511 g/mol. The molecule has 0 bridgehead atoms. The smallest absolute Gasteiger partial charge is 0.263 e. The molecule has 5 nitrogen and oxygen atoms in total. The summed E-state index contributed by atoms with van der Waals surface area (Å²) < 4.78 is 23.6. The number of hydrogen-bond donors (Lipinski definition) is 1. The van der Waals surface area contributed by atoms with E-state index in [2.05, 4.69) is 10.2 Å². The summed E-state index contributed by atoms with van der Waals surface area (Å²) in [6.45, 7) is 1.26. The van der Waals surface area contributed by atoms with E-state index in [-0.39, 0.29) is 32.8 Å². The minimum absolute atomic E-state index is 0.0140. The van der Waals surface area contributed by atoms with Crippen LogP contribution in [0.4, 0.5) is 0 Å². The lowest BCUT2D eigenvalue weighted by atomic mass is 9.93. The second-order valence-corrected chi connectivity index (χ2v) is 11.8. The highest BCUT2D eigenvalue weighted by molar-refractivity contribution is 7.91. The average Bonchev–Trinajstić information content (AvgIpc) is 3.10. The summed E-state index contributed by atoms with van der Waals surface area (Å²) >= 11 is 19.3. The number of nitrogens with one attached hydrogen (secondary N) is 1. The number of rotatable bonds is 6. The normalized spacial score (nSPS) is 15.0. The molecular formula is C22H19Cl3N2O3S2. The molecule has 0 aliphatic carbocycles. The molecule has 1 aromatic heterocycles. The molecule has 1 aliphatic rings. The fourth-order valence-corrected chi connectivity index (χ4v) is 6.77. The van der Waals surface area contributed by atoms with Crippen LogP contribution in [0.1, 0.15) is 26.8 Å². The SMILES string of the molecule is CS(=O)(=O)c1csc(C(=O)NC2CN(C(c3ccc(Cl)cc3)c3ccc(Cl)cc3)C2)c1Cl. The fourth-order valence-electron chi connectivity index (χ4n) is 3.70. The molecule has 3 aromatic rings. The van der Waals surface area contributed by atoms with Gasteiger partial charge in [-0.05, 0) is 35.4 Å². The van der Waals surface area contributed by atoms with Gasteiger partial charge in [0.25, 0.3) is 5.91 Å². The molecule has 0 atom stereocenters. The zero-order chi connectivity index (χ0) is 23.0. The van der Waals surface area contributed by atoms with Gasteiger partial charge < -0.3 is 5.32 Å². The lowest BCUT2D eigenvalue weighted by molar-refractivity contribution is 0.0721. The van der Waals surface area contributed by atoms with Crippen LogP contribution in [0.25, 0.3) is 0 Å². The number of thiophene rings is 1. The maximum Gasteiger partial charge on any atom is 0.263 e. The number of halogens is 3. The van der Waals surface area contributed by atoms with Crippen molar-refractivity contribution in [3.05, 3.63) is 85.0 Å². The van der Waals surface area contributed by atoms with Crippen LogP contribution in [0.3, 0.4) is 0 Å². The molecule has 32 heavy (non-hydrogen) atoms. The van der Waals surface area contributed by atoms with Crippen molar-refractivity contribution in [3.8, 4) is 0 Å². The van der Waals surface area contributed by atoms with E-state index < -0.39 is 9.84 Å². The number of carbonyl (C=O) groups excluding carboxylic acids is 1. The van der Waals surface area contributed by atoms with E-state index in [0.717, 1.165) is 28.7 Å². The van der Waals surface area contributed by atoms with Gasteiger partial charge in [-0.1, -0.05) is 59.1 Å². The van der Waals surface area contributed by atoms with E-state index in [4.69, 9.17) is 34.8 Å². The number of nitrogens with zero attached hydrogens (tertiary/aromatic N) is 1. The summed E-state index contributed by atoms with van der Waals surface area (Å²) in [6.07, 6.45) is 1.07. The second-order valence-electron chi connectivity index (χ2n) is 7.65. The van der Waals surface area contributed by atoms with E-state index in [1.165, 1.54) is 5.38 Å². The Kier molecular flexibility index (Phi) is 6.86. The molecule has 0 radical (unpaired) electrons. The summed E-state index contributed by atoms with van der Waals surface area (Å²) in [5.41, 5.74) is 2.17. The topological polar surface area (TPSA) is 66.5 Å². The van der Waals surface area contributed by atoms with Gasteiger partial charge in [-0.2, -0.15) is 0 Å². The van der Waals surface area contributed by atoms with Crippen LogP contribution in [0, 0.1) is 0 Å². The standard InChI is InChI=1S/C22H19Cl3N2O3S2/c1-32(29,30)18-12-31-21(19(18)25)22(28)26-17-10-27(11-17)20(13-2-6-15(23)7-3-13)14-4-8-16(24)9-5-14/h2-9,12,17,20H,10-11H2,1H3,(H,26,28). The molecule has 1 amide bonds. The molecule has 1 aliphatic heterocycles. The largest absolute Gasteiger partial charge is 0.346 e. The first-order chi connectivity index (χ1) is 15.1. The Labute approximate surface area is 205 Å². The van der Waals surface area contributed by atoms with E-state index in [0.29, 0.717) is 23.1 Å². The third kappa shape index (κ3) is 4.98. The van der Waals surface area contributed by atoms with Crippen molar-refractivity contribution in [1.82, 2.24) is 10.2 Å². The number of likely N-dealkylation sites (tertiary alicyclic amines) is 1. The van der Waals surface area contributed by atoms with Gasteiger partial charge in [-0.3, -0.25) is 9.69 Å². The lowest BCUT2D eigenvalue weighted by Crippen LogP contribution is -2.60. The molecule has 1 fully saturated rings. The Morgan fingerprint density at radius 1 is 1.00 bits per heavy atom. The number of amides is 1. The highest BCUT2D eigenvalue weighted by Crippen LogP contribution is 2.35. The zero-order valence-corrected chi connectivity index (χ0v) is 20.8. The first-order valence-corrected chi connectivity index (χ1v) is 13.6. The molecule has 2 aromatic carbocycles. The molecule has 0 saturated carbocycles. The summed E-state index contributed by atoms with van der Waals surface area (Å²) in [4.78, 5) is 15.1. The summed E-state index contributed by atoms with van der Waals surface area (Å²) in [5.74, 6) is -0.367. The molecule has 2 heterocycles. The van der Waals surface area contributed by atoms with Crippen molar-refractivity contribution in [2.75, 3.05) is 19.3 Å². The van der Waals surface area contributed by atoms with Crippen molar-refractivity contribution in [2.24, 2.45) is 0 Å². The minimum Gasteiger partial charge on any atom is -0.346 e. The van der Waals surface area contributed by atoms with Gasteiger partial charge >= 0.3 is 0 Å². The first kappa shape index (κ1) is 23.5. The van der Waals surface area contributed by atoms with Crippen LogP contribution in [0.15, 0.2) is 58.8 Å². The summed E-state index contributed by atoms with van der Waals surface area (Å²) in [5, 5.41) is 5.66. The van der Waals surface area contributed by atoms with E-state index in [9.17, 15) is 13.2 Å². The highest BCUT2D eigenvalue weighted by atomic mass is 35.5. The van der Waals surface area contributed by atoms with E-state index >= 15 is 0 Å². The number of hydrogen-bond acceptors (Lipinski definition) is 5. The predicted molar refractivity (Wildman–Crippen MR) is 130 cm³/mol. The summed E-state index contributed by atoms with van der Waals surface area (Å²) in [6, 6.07) is 15.3. The Hall–Kier alpha value is -1.61. The van der Waals surface area contributed by atoms with Crippen molar-refractivity contribution in [2.45, 2.75) is 17.0 Å². The maximum atomic E-state index is 12.7. The molecule has 10 heteroatoms. The van der Waals surface area contributed by atoms with Gasteiger partial charge in [-0.25, -0.2) is 8.42 Å². The Bertz CT molecular complexity index is 1190. The van der Waals surface area contributed by atoms with Gasteiger partial charge in [0, 0.05) is 34.8 Å². The Balaban J connectivity index is 1.48. The van der Waals surface area contributed by atoms with Gasteiger partial charge in [0.2, 0.25) is 0 Å². The van der Waals surface area contributed by atoms with Crippen LogP contribution < -0.4 is 5.32 Å². The zero-order valence-electron chi connectivity index (χ0n) is 16.9. The number of carbonyl (C=O) groups is 1. The highest BCUT2D eigenvalue weighted by Gasteiger charge is 2.35. The van der Waals surface area contributed by atoms with Gasteiger partial charge in [0.05, 0.1) is 22.0 Å². The maximum absolute atomic E-state index is 12.7. The fraction of sp³-hybridized carbons (Fsp3) is 0.227. The lowest BCUT2D eigenvalue weighted by Gasteiger charge is -2.45. The number of benzene rings is 2.